The van der Waals surface area contributed by atoms with E-state index >= 15 is 0 Å². The molecule has 0 bridgehead atoms. The summed E-state index contributed by atoms with van der Waals surface area (Å²) in [6, 6.07) is 11.7. The number of fused-ring (bicyclic) bond motifs is 1. The molecule has 9 nitrogen and oxygen atoms in total. The summed E-state index contributed by atoms with van der Waals surface area (Å²) in [5, 5.41) is 4.97. The molecule has 9 heteroatoms. The van der Waals surface area contributed by atoms with Crippen molar-refractivity contribution in [1.82, 2.24) is 29.5 Å². The fraction of sp³-hybridized carbons (Fsp3) is 0.385. The molecule has 5 rings (SSSR count). The summed E-state index contributed by atoms with van der Waals surface area (Å²) in [6.07, 6.45) is 6.57. The third-order valence-electron chi connectivity index (χ3n) is 6.33. The van der Waals surface area contributed by atoms with E-state index in [1.807, 2.05) is 54.1 Å². The largest absolute Gasteiger partial charge is 0.489 e. The molecule has 4 aromatic rings. The summed E-state index contributed by atoms with van der Waals surface area (Å²) in [4.78, 5) is 25.2. The van der Waals surface area contributed by atoms with Crippen LogP contribution in [-0.4, -0.2) is 68.7 Å². The van der Waals surface area contributed by atoms with Crippen molar-refractivity contribution in [3.05, 3.63) is 66.1 Å². The highest BCUT2D eigenvalue weighted by Crippen LogP contribution is 2.24. The van der Waals surface area contributed by atoms with Gasteiger partial charge in [-0.3, -0.25) is 9.69 Å². The van der Waals surface area contributed by atoms with Crippen LogP contribution in [0.5, 0.6) is 5.75 Å². The molecule has 1 fully saturated rings. The van der Waals surface area contributed by atoms with Crippen molar-refractivity contribution < 1.29 is 14.1 Å². The third kappa shape index (κ3) is 5.05. The number of aromatic nitrogens is 4. The summed E-state index contributed by atoms with van der Waals surface area (Å²) in [6.45, 7) is 4.55. The number of carbonyl (C=O) groups excluding carboxylic acids is 1. The number of pyridine rings is 1. The first-order valence-corrected chi connectivity index (χ1v) is 12.0. The maximum atomic E-state index is 12.3. The van der Waals surface area contributed by atoms with Gasteiger partial charge in [0.25, 0.3) is 5.91 Å². The van der Waals surface area contributed by atoms with E-state index in [-0.39, 0.29) is 12.0 Å². The van der Waals surface area contributed by atoms with Crippen molar-refractivity contribution in [3.8, 4) is 11.6 Å². The van der Waals surface area contributed by atoms with Crippen LogP contribution >= 0.6 is 0 Å². The number of benzene rings is 1. The molecule has 0 spiro atoms. The number of hydrogen-bond donors (Lipinski definition) is 0. The molecule has 1 amide bonds. The van der Waals surface area contributed by atoms with Gasteiger partial charge in [0.05, 0.1) is 18.3 Å². The van der Waals surface area contributed by atoms with Crippen LogP contribution in [0.15, 0.2) is 53.3 Å². The molecule has 0 aliphatic carbocycles. The Hall–Kier alpha value is -3.72. The summed E-state index contributed by atoms with van der Waals surface area (Å²) < 4.78 is 13.5. The van der Waals surface area contributed by atoms with Gasteiger partial charge in [0.2, 0.25) is 5.89 Å². The van der Waals surface area contributed by atoms with Crippen LogP contribution in [-0.2, 0) is 13.0 Å². The van der Waals surface area contributed by atoms with Crippen LogP contribution < -0.4 is 4.74 Å². The Labute approximate surface area is 204 Å². The van der Waals surface area contributed by atoms with Gasteiger partial charge in [-0.25, -0.2) is 4.98 Å². The van der Waals surface area contributed by atoms with Gasteiger partial charge in [-0.1, -0.05) is 12.1 Å². The molecular formula is C26H30N6O3. The summed E-state index contributed by atoms with van der Waals surface area (Å²) in [7, 11) is 3.51. The Kier molecular flexibility index (Phi) is 6.50. The van der Waals surface area contributed by atoms with Crippen molar-refractivity contribution in [1.29, 1.82) is 0 Å². The van der Waals surface area contributed by atoms with E-state index in [1.165, 1.54) is 0 Å². The molecule has 1 aromatic carbocycles. The van der Waals surface area contributed by atoms with Gasteiger partial charge in [0, 0.05) is 50.8 Å². The van der Waals surface area contributed by atoms with E-state index in [2.05, 4.69) is 20.0 Å². The van der Waals surface area contributed by atoms with Crippen LogP contribution in [0.3, 0.4) is 0 Å². The van der Waals surface area contributed by atoms with E-state index in [0.717, 1.165) is 60.6 Å². The lowest BCUT2D eigenvalue weighted by molar-refractivity contribution is 0.0827. The van der Waals surface area contributed by atoms with Crippen molar-refractivity contribution >= 4 is 16.8 Å². The van der Waals surface area contributed by atoms with Gasteiger partial charge in [0.15, 0.2) is 5.82 Å². The lowest BCUT2D eigenvalue weighted by atomic mass is 10.1. The van der Waals surface area contributed by atoms with Crippen LogP contribution in [0.2, 0.25) is 0 Å². The summed E-state index contributed by atoms with van der Waals surface area (Å²) in [5.41, 5.74) is 1.67. The van der Waals surface area contributed by atoms with Crippen molar-refractivity contribution in [2.45, 2.75) is 38.8 Å². The predicted octanol–water partition coefficient (Wildman–Crippen LogP) is 3.72. The molecule has 1 saturated heterocycles. The number of likely N-dealkylation sites (tertiary alicyclic amines) is 1. The second kappa shape index (κ2) is 9.87. The zero-order valence-electron chi connectivity index (χ0n) is 20.3. The van der Waals surface area contributed by atoms with E-state index in [0.29, 0.717) is 18.0 Å². The smallest absolute Gasteiger partial charge is 0.253 e. The molecule has 0 atom stereocenters. The Morgan fingerprint density at radius 2 is 2.00 bits per heavy atom. The molecule has 4 heterocycles. The molecule has 35 heavy (non-hydrogen) atoms. The fourth-order valence-electron chi connectivity index (χ4n) is 4.39. The highest BCUT2D eigenvalue weighted by atomic mass is 16.5. The number of piperidine rings is 1. The van der Waals surface area contributed by atoms with E-state index in [9.17, 15) is 4.79 Å². The second-order valence-electron chi connectivity index (χ2n) is 9.06. The molecule has 0 unspecified atom stereocenters. The maximum Gasteiger partial charge on any atom is 0.253 e. The second-order valence-corrected chi connectivity index (χ2v) is 9.06. The minimum atomic E-state index is -0.00891. The topological polar surface area (TPSA) is 89.5 Å². The third-order valence-corrected chi connectivity index (χ3v) is 6.33. The molecule has 0 saturated carbocycles. The van der Waals surface area contributed by atoms with Gasteiger partial charge in [-0.15, -0.1) is 0 Å². The first kappa shape index (κ1) is 23.0. The van der Waals surface area contributed by atoms with Gasteiger partial charge < -0.3 is 18.7 Å². The number of ether oxygens (including phenoxy) is 1. The minimum Gasteiger partial charge on any atom is -0.489 e. The first-order chi connectivity index (χ1) is 17.0. The first-order valence-electron chi connectivity index (χ1n) is 12.0. The van der Waals surface area contributed by atoms with E-state index < -0.39 is 0 Å². The van der Waals surface area contributed by atoms with E-state index in [1.54, 1.807) is 25.2 Å². The molecule has 3 aromatic heterocycles. The van der Waals surface area contributed by atoms with Crippen LogP contribution in [0.25, 0.3) is 16.7 Å². The zero-order valence-corrected chi connectivity index (χ0v) is 20.3. The molecular weight excluding hydrogens is 444 g/mol. The van der Waals surface area contributed by atoms with Gasteiger partial charge in [-0.05, 0) is 49.2 Å². The number of amides is 1. The number of rotatable bonds is 7. The van der Waals surface area contributed by atoms with Crippen molar-refractivity contribution in [2.75, 3.05) is 27.2 Å². The monoisotopic (exact) mass is 474 g/mol. The molecule has 1 aliphatic heterocycles. The Balaban J connectivity index is 1.19. The average Bonchev–Trinajstić information content (AvgIpc) is 3.51. The Morgan fingerprint density at radius 3 is 2.69 bits per heavy atom. The lowest BCUT2D eigenvalue weighted by Gasteiger charge is -2.31. The SMILES string of the molecule is CCc1noc(CN2CCC(Oc3ccc(-n4ccc5cc(C(=O)N(C)C)ccc54)nc3)CC2)n1. The Bertz CT molecular complexity index is 1300. The molecule has 182 valence electrons. The summed E-state index contributed by atoms with van der Waals surface area (Å²) >= 11 is 0. The zero-order chi connectivity index (χ0) is 24.4. The molecule has 1 aliphatic rings. The number of aryl methyl sites for hydroxylation is 1. The maximum absolute atomic E-state index is 12.3. The van der Waals surface area contributed by atoms with Crippen molar-refractivity contribution in [2.24, 2.45) is 0 Å². The molecule has 0 N–H and O–H groups in total. The van der Waals surface area contributed by atoms with Crippen LogP contribution in [0.4, 0.5) is 0 Å². The quantitative estimate of drug-likeness (QED) is 0.403. The summed E-state index contributed by atoms with van der Waals surface area (Å²) in [5.74, 6) is 3.00. The van der Waals surface area contributed by atoms with Crippen LogP contribution in [0, 0.1) is 0 Å². The standard InChI is InChI=1S/C26H30N6O3/c1-4-23-28-25(35-29-23)17-31-12-10-20(11-13-31)34-21-6-8-24(27-16-21)32-14-9-18-15-19(5-7-22(18)32)26(33)30(2)3/h5-9,14-16,20H,4,10-13,17H2,1-3H3. The van der Waals surface area contributed by atoms with Crippen LogP contribution in [0.1, 0.15) is 41.8 Å². The normalized spacial score (nSPS) is 14.9. The number of hydrogen-bond acceptors (Lipinski definition) is 7. The Morgan fingerprint density at radius 1 is 1.17 bits per heavy atom. The predicted molar refractivity (Wildman–Crippen MR) is 132 cm³/mol. The fourth-order valence-corrected chi connectivity index (χ4v) is 4.39. The van der Waals surface area contributed by atoms with E-state index in [4.69, 9.17) is 9.26 Å². The lowest BCUT2D eigenvalue weighted by Crippen LogP contribution is -2.37. The average molecular weight is 475 g/mol. The van der Waals surface area contributed by atoms with Gasteiger partial charge in [0.1, 0.15) is 17.7 Å². The van der Waals surface area contributed by atoms with Gasteiger partial charge >= 0.3 is 0 Å². The number of nitrogens with zero attached hydrogens (tertiary/aromatic N) is 6. The number of carbonyl (C=O) groups is 1. The minimum absolute atomic E-state index is 0.00891. The highest BCUT2D eigenvalue weighted by Gasteiger charge is 2.22. The van der Waals surface area contributed by atoms with Crippen molar-refractivity contribution in [3.63, 3.8) is 0 Å². The van der Waals surface area contributed by atoms with Gasteiger partial charge in [-0.2, -0.15) is 4.98 Å². The molecule has 0 radical (unpaired) electrons. The highest BCUT2D eigenvalue weighted by molar-refractivity contribution is 5.98.